The van der Waals surface area contributed by atoms with Crippen LogP contribution in [-0.4, -0.2) is 29.0 Å². The van der Waals surface area contributed by atoms with Crippen molar-refractivity contribution in [2.24, 2.45) is 0 Å². The van der Waals surface area contributed by atoms with Crippen LogP contribution in [0.25, 0.3) is 10.9 Å². The number of methoxy groups -OCH3 is 1. The molecule has 0 radical (unpaired) electrons. The molecule has 4 nitrogen and oxygen atoms in total. The Morgan fingerprint density at radius 1 is 1.42 bits per heavy atom. The smallest absolute Gasteiger partial charge is 0.261 e. The number of hydrogen-bond donors (Lipinski definition) is 1. The van der Waals surface area contributed by atoms with Crippen LogP contribution < -0.4 is 5.32 Å². The minimum atomic E-state index is -0.652. The molecule has 0 aliphatic heterocycles. The van der Waals surface area contributed by atoms with Crippen molar-refractivity contribution in [2.45, 2.75) is 36.6 Å². The van der Waals surface area contributed by atoms with E-state index in [1.807, 2.05) is 38.1 Å². The third-order valence-corrected chi connectivity index (χ3v) is 4.74. The highest BCUT2D eigenvalue weighted by Crippen LogP contribution is 2.28. The summed E-state index contributed by atoms with van der Waals surface area (Å²) < 4.78 is 6.27. The van der Waals surface area contributed by atoms with E-state index in [9.17, 15) is 4.79 Å². The van der Waals surface area contributed by atoms with Crippen molar-refractivity contribution >= 4 is 44.5 Å². The van der Waals surface area contributed by atoms with E-state index in [4.69, 9.17) is 4.74 Å². The number of nitrogens with one attached hydrogen (secondary N) is 1. The molecule has 6 heteroatoms. The van der Waals surface area contributed by atoms with Gasteiger partial charge in [0.05, 0.1) is 11.1 Å². The Bertz CT molecular complexity index is 812. The lowest BCUT2D eigenvalue weighted by Gasteiger charge is -2.23. The molecule has 24 heavy (non-hydrogen) atoms. The Labute approximate surface area is 154 Å². The molecule has 1 unspecified atom stereocenters. The molecule has 126 valence electrons. The van der Waals surface area contributed by atoms with Gasteiger partial charge in [0.25, 0.3) is 5.91 Å². The Morgan fingerprint density at radius 3 is 2.83 bits per heavy atom. The highest BCUT2D eigenvalue weighted by Gasteiger charge is 2.25. The largest absolute Gasteiger partial charge is 0.360 e. The van der Waals surface area contributed by atoms with Crippen LogP contribution in [0, 0.1) is 11.8 Å². The van der Waals surface area contributed by atoms with E-state index in [0.29, 0.717) is 0 Å². The second-order valence-corrected chi connectivity index (χ2v) is 7.73. The molecule has 0 spiro atoms. The molecule has 1 amide bonds. The van der Waals surface area contributed by atoms with Crippen molar-refractivity contribution < 1.29 is 9.53 Å². The van der Waals surface area contributed by atoms with Crippen LogP contribution in [-0.2, 0) is 9.53 Å². The summed E-state index contributed by atoms with van der Waals surface area (Å²) in [7, 11) is 1.52. The molecule has 2 rings (SSSR count). The topological polar surface area (TPSA) is 51.2 Å². The zero-order valence-corrected chi connectivity index (χ0v) is 16.4. The Hall–Kier alpha value is -1.55. The number of benzene rings is 1. The molecular formula is C18H19BrN2O2S. The molecule has 0 saturated carbocycles. The molecule has 0 aliphatic rings. The van der Waals surface area contributed by atoms with E-state index in [0.717, 1.165) is 20.3 Å². The molecule has 1 aromatic heterocycles. The first kappa shape index (κ1) is 18.8. The summed E-state index contributed by atoms with van der Waals surface area (Å²) in [5.74, 6) is 5.58. The number of carbonyl (C=O) groups is 1. The molecule has 1 N–H and O–H groups in total. The highest BCUT2D eigenvalue weighted by molar-refractivity contribution is 9.10. The maximum Gasteiger partial charge on any atom is 0.261 e. The number of rotatable bonds is 5. The molecule has 2 aromatic rings. The van der Waals surface area contributed by atoms with E-state index in [2.05, 4.69) is 38.1 Å². The van der Waals surface area contributed by atoms with Crippen LogP contribution in [0.2, 0.25) is 0 Å². The molecular weight excluding hydrogens is 388 g/mol. The van der Waals surface area contributed by atoms with Gasteiger partial charge in [0.15, 0.2) is 5.44 Å². The number of nitrogens with zero attached hydrogens (tertiary/aromatic N) is 1. The van der Waals surface area contributed by atoms with E-state index in [-0.39, 0.29) is 5.91 Å². The molecule has 0 saturated heterocycles. The standard InChI is InChI=1S/C18H19BrN2O2S/c1-5-8-18(2,3)21-16(22)17(23-4)24-14-6-7-15-12(10-14)9-13(19)11-20-15/h6-7,9-11,17H,1-4H3,(H,21,22). The van der Waals surface area contributed by atoms with Crippen molar-refractivity contribution in [1.29, 1.82) is 0 Å². The second-order valence-electron chi connectivity index (χ2n) is 5.68. The minimum Gasteiger partial charge on any atom is -0.360 e. The van der Waals surface area contributed by atoms with E-state index < -0.39 is 11.0 Å². The van der Waals surface area contributed by atoms with Crippen LogP contribution >= 0.6 is 27.7 Å². The van der Waals surface area contributed by atoms with Crippen molar-refractivity contribution in [2.75, 3.05) is 7.11 Å². The number of ether oxygens (including phenoxy) is 1. The lowest BCUT2D eigenvalue weighted by molar-refractivity contribution is -0.127. The third-order valence-electron chi connectivity index (χ3n) is 3.16. The molecule has 0 bridgehead atoms. The first-order chi connectivity index (χ1) is 11.3. The summed E-state index contributed by atoms with van der Waals surface area (Å²) in [4.78, 5) is 17.7. The van der Waals surface area contributed by atoms with Crippen LogP contribution in [0.3, 0.4) is 0 Å². The molecule has 0 fully saturated rings. The fourth-order valence-corrected chi connectivity index (χ4v) is 3.40. The Morgan fingerprint density at radius 2 is 2.17 bits per heavy atom. The normalized spacial score (nSPS) is 12.4. The van der Waals surface area contributed by atoms with Crippen LogP contribution in [0.1, 0.15) is 20.8 Å². The number of aromatic nitrogens is 1. The summed E-state index contributed by atoms with van der Waals surface area (Å²) in [5, 5.41) is 3.90. The van der Waals surface area contributed by atoms with Crippen molar-refractivity contribution in [3.8, 4) is 11.8 Å². The van der Waals surface area contributed by atoms with Gasteiger partial charge in [-0.15, -0.1) is 5.92 Å². The zero-order valence-electron chi connectivity index (χ0n) is 14.0. The number of thioether (sulfide) groups is 1. The summed E-state index contributed by atoms with van der Waals surface area (Å²) in [6, 6.07) is 7.85. The van der Waals surface area contributed by atoms with Gasteiger partial charge in [0, 0.05) is 28.1 Å². The summed E-state index contributed by atoms with van der Waals surface area (Å²) >= 11 is 4.77. The number of fused-ring (bicyclic) bond motifs is 1. The predicted octanol–water partition coefficient (Wildman–Crippen LogP) is 3.98. The van der Waals surface area contributed by atoms with E-state index in [1.165, 1.54) is 18.9 Å². The van der Waals surface area contributed by atoms with Gasteiger partial charge in [0.1, 0.15) is 0 Å². The molecule has 1 heterocycles. The van der Waals surface area contributed by atoms with Gasteiger partial charge in [0.2, 0.25) is 0 Å². The number of amides is 1. The predicted molar refractivity (Wildman–Crippen MR) is 102 cm³/mol. The first-order valence-corrected chi connectivity index (χ1v) is 9.02. The third kappa shape index (κ3) is 4.97. The Balaban J connectivity index is 2.17. The fraction of sp³-hybridized carbons (Fsp3) is 0.333. The number of pyridine rings is 1. The number of halogens is 1. The van der Waals surface area contributed by atoms with Gasteiger partial charge < -0.3 is 10.1 Å². The highest BCUT2D eigenvalue weighted by atomic mass is 79.9. The lowest BCUT2D eigenvalue weighted by atomic mass is 10.1. The molecule has 0 aliphatic carbocycles. The van der Waals surface area contributed by atoms with Crippen LogP contribution in [0.5, 0.6) is 0 Å². The zero-order chi connectivity index (χ0) is 17.7. The van der Waals surface area contributed by atoms with E-state index >= 15 is 0 Å². The van der Waals surface area contributed by atoms with Gasteiger partial charge in [-0.25, -0.2) is 0 Å². The minimum absolute atomic E-state index is 0.206. The lowest BCUT2D eigenvalue weighted by Crippen LogP contribution is -2.46. The van der Waals surface area contributed by atoms with Crippen molar-refractivity contribution in [3.05, 3.63) is 34.9 Å². The van der Waals surface area contributed by atoms with Gasteiger partial charge >= 0.3 is 0 Å². The van der Waals surface area contributed by atoms with Crippen molar-refractivity contribution in [1.82, 2.24) is 10.3 Å². The summed E-state index contributed by atoms with van der Waals surface area (Å²) in [6.45, 7) is 5.47. The first-order valence-electron chi connectivity index (χ1n) is 7.35. The maximum absolute atomic E-state index is 12.4. The SMILES string of the molecule is CC#CC(C)(C)NC(=O)C(OC)Sc1ccc2ncc(Br)cc2c1. The van der Waals surface area contributed by atoms with Crippen molar-refractivity contribution in [3.63, 3.8) is 0 Å². The van der Waals surface area contributed by atoms with Crippen LogP contribution in [0.4, 0.5) is 0 Å². The summed E-state index contributed by atoms with van der Waals surface area (Å²) in [5.41, 5.74) is -0.345. The fourth-order valence-electron chi connectivity index (χ4n) is 2.20. The quantitative estimate of drug-likeness (QED) is 0.463. The monoisotopic (exact) mass is 406 g/mol. The van der Waals surface area contributed by atoms with Gasteiger partial charge in [-0.2, -0.15) is 0 Å². The average Bonchev–Trinajstić information content (AvgIpc) is 2.51. The van der Waals surface area contributed by atoms with E-state index in [1.54, 1.807) is 13.1 Å². The number of hydrogen-bond acceptors (Lipinski definition) is 4. The van der Waals surface area contributed by atoms with Gasteiger partial charge in [-0.3, -0.25) is 9.78 Å². The van der Waals surface area contributed by atoms with Gasteiger partial charge in [-0.1, -0.05) is 17.7 Å². The second kappa shape index (κ2) is 8.02. The average molecular weight is 407 g/mol. The molecule has 1 aromatic carbocycles. The van der Waals surface area contributed by atoms with Gasteiger partial charge in [-0.05, 0) is 61.0 Å². The number of carbonyl (C=O) groups excluding carboxylic acids is 1. The molecule has 1 atom stereocenters. The van der Waals surface area contributed by atoms with Crippen LogP contribution in [0.15, 0.2) is 39.8 Å². The maximum atomic E-state index is 12.4. The Kier molecular flexibility index (Phi) is 6.27. The summed E-state index contributed by atoms with van der Waals surface area (Å²) in [6.07, 6.45) is 1.76.